The number of aromatic hydroxyl groups is 1. The van der Waals surface area contributed by atoms with E-state index in [1.807, 2.05) is 36.4 Å². The van der Waals surface area contributed by atoms with E-state index in [-0.39, 0.29) is 24.0 Å². The van der Waals surface area contributed by atoms with Crippen LogP contribution in [0, 0.1) is 0 Å². The number of amides is 1. The molecule has 0 aliphatic carbocycles. The van der Waals surface area contributed by atoms with Crippen molar-refractivity contribution in [2.45, 2.75) is 18.9 Å². The molecule has 5 heteroatoms. The molecule has 0 bridgehead atoms. The molecule has 3 aromatic rings. The molecule has 0 unspecified atom stereocenters. The Morgan fingerprint density at radius 2 is 1.96 bits per heavy atom. The van der Waals surface area contributed by atoms with E-state index in [2.05, 4.69) is 10.3 Å². The van der Waals surface area contributed by atoms with Gasteiger partial charge in [0, 0.05) is 36.3 Å². The van der Waals surface area contributed by atoms with E-state index < -0.39 is 0 Å². The van der Waals surface area contributed by atoms with Gasteiger partial charge in [-0.15, -0.1) is 0 Å². The van der Waals surface area contributed by atoms with Crippen molar-refractivity contribution in [1.29, 1.82) is 0 Å². The van der Waals surface area contributed by atoms with Gasteiger partial charge in [0.2, 0.25) is 5.91 Å². The number of aromatic nitrogens is 1. The number of rotatable bonds is 6. The van der Waals surface area contributed by atoms with Gasteiger partial charge in [0.05, 0.1) is 0 Å². The number of pyridine rings is 1. The Morgan fingerprint density at radius 1 is 1.12 bits per heavy atom. The molecule has 0 spiro atoms. The van der Waals surface area contributed by atoms with E-state index >= 15 is 0 Å². The first-order valence-corrected chi connectivity index (χ1v) is 8.70. The maximum absolute atomic E-state index is 12.5. The molecule has 0 fully saturated rings. The molecule has 1 amide bonds. The van der Waals surface area contributed by atoms with E-state index in [0.717, 1.165) is 16.7 Å². The number of nitrogens with zero attached hydrogens (tertiary/aromatic N) is 1. The normalized spacial score (nSPS) is 11.7. The number of hydrogen-bond donors (Lipinski definition) is 2. The Bertz CT molecular complexity index is 884. The Kier molecular flexibility index (Phi) is 5.87. The molecule has 4 nitrogen and oxygen atoms in total. The maximum Gasteiger partial charge on any atom is 0.221 e. The predicted octanol–water partition coefficient (Wildman–Crippen LogP) is 4.28. The van der Waals surface area contributed by atoms with Crippen LogP contribution < -0.4 is 5.32 Å². The number of carbonyl (C=O) groups excluding carboxylic acids is 1. The summed E-state index contributed by atoms with van der Waals surface area (Å²) in [4.78, 5) is 16.6. The summed E-state index contributed by atoms with van der Waals surface area (Å²) in [7, 11) is 0. The summed E-state index contributed by atoms with van der Waals surface area (Å²) in [6, 6.07) is 18.1. The highest BCUT2D eigenvalue weighted by atomic mass is 35.5. The van der Waals surface area contributed by atoms with Gasteiger partial charge in [0.15, 0.2) is 0 Å². The fraction of sp³-hybridized carbons (Fsp3) is 0.143. The summed E-state index contributed by atoms with van der Waals surface area (Å²) >= 11 is 6.36. The van der Waals surface area contributed by atoms with Crippen molar-refractivity contribution in [2.75, 3.05) is 0 Å². The van der Waals surface area contributed by atoms with Crippen LogP contribution in [0.25, 0.3) is 0 Å². The van der Waals surface area contributed by atoms with Crippen molar-refractivity contribution in [1.82, 2.24) is 10.3 Å². The van der Waals surface area contributed by atoms with Crippen LogP contribution in [-0.2, 0) is 11.3 Å². The topological polar surface area (TPSA) is 62.2 Å². The van der Waals surface area contributed by atoms with Crippen LogP contribution in [0.3, 0.4) is 0 Å². The minimum Gasteiger partial charge on any atom is -0.508 e. The lowest BCUT2D eigenvalue weighted by Gasteiger charge is -2.19. The first-order valence-electron chi connectivity index (χ1n) is 8.32. The van der Waals surface area contributed by atoms with Crippen LogP contribution in [0.2, 0.25) is 5.02 Å². The van der Waals surface area contributed by atoms with Gasteiger partial charge in [-0.25, -0.2) is 0 Å². The van der Waals surface area contributed by atoms with Crippen molar-refractivity contribution in [3.05, 3.63) is 94.8 Å². The largest absolute Gasteiger partial charge is 0.508 e. The van der Waals surface area contributed by atoms with Crippen molar-refractivity contribution in [2.24, 2.45) is 0 Å². The number of hydrogen-bond acceptors (Lipinski definition) is 3. The third-order valence-corrected chi connectivity index (χ3v) is 4.50. The van der Waals surface area contributed by atoms with Gasteiger partial charge in [-0.05, 0) is 41.0 Å². The van der Waals surface area contributed by atoms with E-state index in [1.54, 1.807) is 36.7 Å². The zero-order chi connectivity index (χ0) is 18.4. The number of benzene rings is 2. The third-order valence-electron chi connectivity index (χ3n) is 4.16. The highest BCUT2D eigenvalue weighted by Gasteiger charge is 2.20. The van der Waals surface area contributed by atoms with Gasteiger partial charge in [0.25, 0.3) is 0 Å². The number of nitrogens with one attached hydrogen (secondary N) is 1. The van der Waals surface area contributed by atoms with Crippen LogP contribution in [-0.4, -0.2) is 16.0 Å². The molecule has 26 heavy (non-hydrogen) atoms. The molecule has 0 aliphatic rings. The molecular formula is C21H19ClN2O2. The Balaban J connectivity index is 1.80. The van der Waals surface area contributed by atoms with Gasteiger partial charge in [0.1, 0.15) is 5.75 Å². The van der Waals surface area contributed by atoms with E-state index in [1.165, 1.54) is 0 Å². The molecule has 2 N–H and O–H groups in total. The average molecular weight is 367 g/mol. The molecule has 0 saturated heterocycles. The zero-order valence-corrected chi connectivity index (χ0v) is 14.9. The molecule has 132 valence electrons. The molecule has 2 aromatic carbocycles. The molecule has 0 aliphatic heterocycles. The Labute approximate surface area is 157 Å². The Hall–Kier alpha value is -2.85. The van der Waals surface area contributed by atoms with Crippen molar-refractivity contribution in [3.63, 3.8) is 0 Å². The summed E-state index contributed by atoms with van der Waals surface area (Å²) in [6.45, 7) is 0.419. The number of carbonyl (C=O) groups is 1. The molecular weight excluding hydrogens is 348 g/mol. The second-order valence-electron chi connectivity index (χ2n) is 6.01. The number of phenolic OH excluding ortho intramolecular Hbond substituents is 1. The molecule has 1 atom stereocenters. The second-order valence-corrected chi connectivity index (χ2v) is 6.42. The van der Waals surface area contributed by atoms with Gasteiger partial charge < -0.3 is 10.4 Å². The van der Waals surface area contributed by atoms with Crippen LogP contribution in [0.15, 0.2) is 73.1 Å². The average Bonchev–Trinajstić information content (AvgIpc) is 2.66. The van der Waals surface area contributed by atoms with E-state index in [9.17, 15) is 9.90 Å². The molecule has 0 saturated carbocycles. The second kappa shape index (κ2) is 8.50. The zero-order valence-electron chi connectivity index (χ0n) is 14.1. The lowest BCUT2D eigenvalue weighted by atomic mass is 9.88. The highest BCUT2D eigenvalue weighted by Crippen LogP contribution is 2.34. The fourth-order valence-corrected chi connectivity index (χ4v) is 3.13. The monoisotopic (exact) mass is 366 g/mol. The molecule has 1 heterocycles. The molecule has 1 aromatic heterocycles. The number of halogens is 1. The minimum atomic E-state index is -0.246. The van der Waals surface area contributed by atoms with Crippen molar-refractivity contribution >= 4 is 17.5 Å². The summed E-state index contributed by atoms with van der Waals surface area (Å²) < 4.78 is 0. The van der Waals surface area contributed by atoms with Crippen LogP contribution >= 0.6 is 11.6 Å². The lowest BCUT2D eigenvalue weighted by molar-refractivity contribution is -0.121. The standard InChI is InChI=1S/C21H19ClN2O2/c22-20-9-2-1-8-18(20)19(16-6-3-7-17(25)11-16)12-21(26)24-14-15-5-4-10-23-13-15/h1-11,13,19,25H,12,14H2,(H,24,26)/t19-/m0/s1. The predicted molar refractivity (Wildman–Crippen MR) is 102 cm³/mol. The summed E-state index contributed by atoms with van der Waals surface area (Å²) in [5.41, 5.74) is 2.64. The number of phenols is 1. The van der Waals surface area contributed by atoms with Crippen molar-refractivity contribution in [3.8, 4) is 5.75 Å². The summed E-state index contributed by atoms with van der Waals surface area (Å²) in [5, 5.41) is 13.3. The quantitative estimate of drug-likeness (QED) is 0.684. The van der Waals surface area contributed by atoms with Gasteiger partial charge in [-0.1, -0.05) is 48.0 Å². The van der Waals surface area contributed by atoms with Crippen LogP contribution in [0.5, 0.6) is 5.75 Å². The third kappa shape index (κ3) is 4.61. The van der Waals surface area contributed by atoms with E-state index in [0.29, 0.717) is 11.6 Å². The van der Waals surface area contributed by atoms with Crippen LogP contribution in [0.1, 0.15) is 29.0 Å². The molecule has 0 radical (unpaired) electrons. The van der Waals surface area contributed by atoms with E-state index in [4.69, 9.17) is 11.6 Å². The highest BCUT2D eigenvalue weighted by molar-refractivity contribution is 6.31. The molecule has 3 rings (SSSR count). The van der Waals surface area contributed by atoms with Gasteiger partial charge in [-0.3, -0.25) is 9.78 Å². The lowest BCUT2D eigenvalue weighted by Crippen LogP contribution is -2.25. The summed E-state index contributed by atoms with van der Waals surface area (Å²) in [5.74, 6) is -0.179. The Morgan fingerprint density at radius 3 is 2.69 bits per heavy atom. The SMILES string of the molecule is O=C(C[C@@H](c1cccc(O)c1)c1ccccc1Cl)NCc1cccnc1. The first-order chi connectivity index (χ1) is 12.6. The smallest absolute Gasteiger partial charge is 0.221 e. The van der Waals surface area contributed by atoms with Gasteiger partial charge in [-0.2, -0.15) is 0 Å². The maximum atomic E-state index is 12.5. The minimum absolute atomic E-state index is 0.0953. The summed E-state index contributed by atoms with van der Waals surface area (Å²) in [6.07, 6.45) is 3.65. The van der Waals surface area contributed by atoms with Crippen molar-refractivity contribution < 1.29 is 9.90 Å². The van der Waals surface area contributed by atoms with Gasteiger partial charge >= 0.3 is 0 Å². The first kappa shape index (κ1) is 18.0. The van der Waals surface area contributed by atoms with Crippen LogP contribution in [0.4, 0.5) is 0 Å². The fourth-order valence-electron chi connectivity index (χ4n) is 2.87.